The second kappa shape index (κ2) is 3.48. The van der Waals surface area contributed by atoms with E-state index in [1.165, 1.54) is 18.7 Å². The van der Waals surface area contributed by atoms with E-state index < -0.39 is 16.1 Å². The second-order valence-electron chi connectivity index (χ2n) is 2.20. The van der Waals surface area contributed by atoms with Crippen molar-refractivity contribution in [2.24, 2.45) is 0 Å². The molecule has 0 fully saturated rings. The molecule has 70 valence electrons. The van der Waals surface area contributed by atoms with Gasteiger partial charge in [-0.1, -0.05) is 0 Å². The van der Waals surface area contributed by atoms with E-state index in [2.05, 4.69) is 14.2 Å². The molecular weight excluding hydrogens is 196 g/mol. The van der Waals surface area contributed by atoms with E-state index in [-0.39, 0.29) is 5.56 Å². The molecule has 0 unspecified atom stereocenters. The van der Waals surface area contributed by atoms with Crippen LogP contribution in [-0.2, 0) is 14.3 Å². The summed E-state index contributed by atoms with van der Waals surface area (Å²) < 4.78 is 25.1. The van der Waals surface area contributed by atoms with Crippen LogP contribution >= 0.6 is 0 Å². The average Bonchev–Trinajstić information content (AvgIpc) is 2.03. The lowest BCUT2D eigenvalue weighted by Crippen LogP contribution is -2.11. The Morgan fingerprint density at radius 1 is 1.38 bits per heavy atom. The number of aromatic nitrogens is 2. The first kappa shape index (κ1) is 9.59. The Morgan fingerprint density at radius 3 is 2.38 bits per heavy atom. The van der Waals surface area contributed by atoms with Gasteiger partial charge < -0.3 is 4.18 Å². The monoisotopic (exact) mass is 202 g/mol. The first-order chi connectivity index (χ1) is 5.99. The van der Waals surface area contributed by atoms with Crippen molar-refractivity contribution >= 4 is 16.1 Å². The number of hydrogen-bond donors (Lipinski definition) is 0. The van der Waals surface area contributed by atoms with E-state index in [0.717, 1.165) is 6.26 Å². The molecule has 0 aliphatic rings. The fourth-order valence-corrected chi connectivity index (χ4v) is 0.961. The zero-order chi connectivity index (χ0) is 9.90. The smallest absolute Gasteiger partial charge is 0.341 e. The second-order valence-corrected chi connectivity index (χ2v) is 3.78. The van der Waals surface area contributed by atoms with Crippen LogP contribution in [0.15, 0.2) is 18.7 Å². The van der Waals surface area contributed by atoms with Crippen molar-refractivity contribution < 1.29 is 17.4 Å². The van der Waals surface area contributed by atoms with Gasteiger partial charge in [0.15, 0.2) is 0 Å². The van der Waals surface area contributed by atoms with Crippen LogP contribution in [0.1, 0.15) is 10.4 Å². The van der Waals surface area contributed by atoms with Crippen molar-refractivity contribution in [1.29, 1.82) is 0 Å². The highest BCUT2D eigenvalue weighted by molar-refractivity contribution is 7.86. The molecule has 1 aromatic rings. The minimum Gasteiger partial charge on any atom is -0.341 e. The molecule has 1 rings (SSSR count). The number of carbonyl (C=O) groups excluding carboxylic acids is 1. The molecule has 0 aliphatic carbocycles. The first-order valence-electron chi connectivity index (χ1n) is 3.18. The SMILES string of the molecule is CS(=O)(=O)OC(=O)c1cncnc1. The zero-order valence-corrected chi connectivity index (χ0v) is 7.48. The Morgan fingerprint density at radius 2 is 1.92 bits per heavy atom. The van der Waals surface area contributed by atoms with Crippen molar-refractivity contribution in [3.05, 3.63) is 24.3 Å². The summed E-state index contributed by atoms with van der Waals surface area (Å²) in [5.74, 6) is -0.983. The summed E-state index contributed by atoms with van der Waals surface area (Å²) in [6.07, 6.45) is 4.34. The van der Waals surface area contributed by atoms with Crippen LogP contribution in [-0.4, -0.2) is 30.6 Å². The van der Waals surface area contributed by atoms with Crippen molar-refractivity contribution in [2.75, 3.05) is 6.26 Å². The topological polar surface area (TPSA) is 86.2 Å². The lowest BCUT2D eigenvalue weighted by molar-refractivity contribution is 0.0747. The molecule has 0 saturated heterocycles. The molecule has 1 heterocycles. The fraction of sp³-hybridized carbons (Fsp3) is 0.167. The van der Waals surface area contributed by atoms with Crippen molar-refractivity contribution in [3.63, 3.8) is 0 Å². The summed E-state index contributed by atoms with van der Waals surface area (Å²) in [7, 11) is -3.78. The van der Waals surface area contributed by atoms with Crippen molar-refractivity contribution in [1.82, 2.24) is 9.97 Å². The molecule has 0 atom stereocenters. The fourth-order valence-electron chi connectivity index (χ4n) is 0.590. The minimum absolute atomic E-state index is 0.00655. The third-order valence-electron chi connectivity index (χ3n) is 1.02. The maximum Gasteiger partial charge on any atom is 0.356 e. The van der Waals surface area contributed by atoms with Crippen LogP contribution in [0.4, 0.5) is 0 Å². The van der Waals surface area contributed by atoms with Gasteiger partial charge in [0.05, 0.1) is 11.8 Å². The standard InChI is InChI=1S/C6H6N2O4S/c1-13(10,11)12-6(9)5-2-7-4-8-3-5/h2-4H,1H3. The van der Waals surface area contributed by atoms with Crippen LogP contribution in [0.5, 0.6) is 0 Å². The van der Waals surface area contributed by atoms with Gasteiger partial charge >= 0.3 is 16.1 Å². The van der Waals surface area contributed by atoms with E-state index in [1.54, 1.807) is 0 Å². The molecule has 7 heteroatoms. The molecule has 0 saturated carbocycles. The molecule has 1 aromatic heterocycles. The van der Waals surface area contributed by atoms with Gasteiger partial charge in [0.25, 0.3) is 0 Å². The van der Waals surface area contributed by atoms with Crippen LogP contribution in [0, 0.1) is 0 Å². The Balaban J connectivity index is 2.82. The summed E-state index contributed by atoms with van der Waals surface area (Å²) in [6.45, 7) is 0. The van der Waals surface area contributed by atoms with Crippen LogP contribution in [0.2, 0.25) is 0 Å². The molecule has 0 aromatic carbocycles. The van der Waals surface area contributed by atoms with E-state index in [0.29, 0.717) is 0 Å². The molecular formula is C6H6N2O4S. The van der Waals surface area contributed by atoms with Gasteiger partial charge in [0, 0.05) is 12.4 Å². The normalized spacial score (nSPS) is 10.8. The third kappa shape index (κ3) is 3.16. The number of hydrogen-bond acceptors (Lipinski definition) is 6. The quantitative estimate of drug-likeness (QED) is 0.606. The molecule has 13 heavy (non-hydrogen) atoms. The molecule has 6 nitrogen and oxygen atoms in total. The predicted molar refractivity (Wildman–Crippen MR) is 42.3 cm³/mol. The Labute approximate surface area is 74.7 Å². The summed E-state index contributed by atoms with van der Waals surface area (Å²) in [6, 6.07) is 0. The van der Waals surface area contributed by atoms with E-state index in [9.17, 15) is 13.2 Å². The molecule has 0 aliphatic heterocycles. The third-order valence-corrected chi connectivity index (χ3v) is 1.48. The van der Waals surface area contributed by atoms with Gasteiger partial charge in [-0.3, -0.25) is 0 Å². The Bertz CT molecular complexity index is 400. The molecule has 0 N–H and O–H groups in total. The maximum absolute atomic E-state index is 11.0. The highest BCUT2D eigenvalue weighted by Gasteiger charge is 2.13. The zero-order valence-electron chi connectivity index (χ0n) is 6.67. The number of carbonyl (C=O) groups is 1. The predicted octanol–water partition coefficient (Wildman–Crippen LogP) is -0.407. The lowest BCUT2D eigenvalue weighted by atomic mass is 10.4. The Kier molecular flexibility index (Phi) is 2.57. The average molecular weight is 202 g/mol. The minimum atomic E-state index is -3.78. The molecule has 0 spiro atoms. The van der Waals surface area contributed by atoms with E-state index >= 15 is 0 Å². The van der Waals surface area contributed by atoms with E-state index in [1.807, 2.05) is 0 Å². The number of nitrogens with zero attached hydrogens (tertiary/aromatic N) is 2. The summed E-state index contributed by atoms with van der Waals surface area (Å²) >= 11 is 0. The molecule has 0 amide bonds. The summed E-state index contributed by atoms with van der Waals surface area (Å²) in [5.41, 5.74) is -0.00655. The van der Waals surface area contributed by atoms with Crippen LogP contribution < -0.4 is 0 Å². The van der Waals surface area contributed by atoms with E-state index in [4.69, 9.17) is 0 Å². The van der Waals surface area contributed by atoms with Crippen LogP contribution in [0.3, 0.4) is 0 Å². The van der Waals surface area contributed by atoms with Crippen molar-refractivity contribution in [3.8, 4) is 0 Å². The maximum atomic E-state index is 11.0. The van der Waals surface area contributed by atoms with Gasteiger partial charge in [-0.05, 0) is 0 Å². The van der Waals surface area contributed by atoms with Gasteiger partial charge in [0.1, 0.15) is 6.33 Å². The summed E-state index contributed by atoms with van der Waals surface area (Å²) in [5, 5.41) is 0. The first-order valence-corrected chi connectivity index (χ1v) is 4.99. The largest absolute Gasteiger partial charge is 0.356 e. The van der Waals surface area contributed by atoms with Gasteiger partial charge in [0.2, 0.25) is 0 Å². The summed E-state index contributed by atoms with van der Waals surface area (Å²) in [4.78, 5) is 18.0. The van der Waals surface area contributed by atoms with Gasteiger partial charge in [-0.2, -0.15) is 8.42 Å². The Hall–Kier alpha value is -1.50. The molecule has 0 bridgehead atoms. The van der Waals surface area contributed by atoms with Gasteiger partial charge in [-0.15, -0.1) is 0 Å². The van der Waals surface area contributed by atoms with Crippen LogP contribution in [0.25, 0.3) is 0 Å². The van der Waals surface area contributed by atoms with Crippen molar-refractivity contribution in [2.45, 2.75) is 0 Å². The number of rotatable bonds is 2. The van der Waals surface area contributed by atoms with Gasteiger partial charge in [-0.25, -0.2) is 14.8 Å². The highest BCUT2D eigenvalue weighted by atomic mass is 32.2. The lowest BCUT2D eigenvalue weighted by Gasteiger charge is -1.98. The molecule has 0 radical (unpaired) electrons. The highest BCUT2D eigenvalue weighted by Crippen LogP contribution is 1.99.